The zero-order chi connectivity index (χ0) is 15.7. The van der Waals surface area contributed by atoms with E-state index >= 15 is 0 Å². The molecule has 120 valence electrons. The van der Waals surface area contributed by atoms with Crippen LogP contribution in [0, 0.1) is 0 Å². The lowest BCUT2D eigenvalue weighted by atomic mass is 10.0. The number of hydrogen-bond acceptors (Lipinski definition) is 3. The molecule has 22 heavy (non-hydrogen) atoms. The van der Waals surface area contributed by atoms with Gasteiger partial charge in [-0.2, -0.15) is 0 Å². The Morgan fingerprint density at radius 3 is 2.77 bits per heavy atom. The smallest absolute Gasteiger partial charge is 0.270 e. The van der Waals surface area contributed by atoms with Gasteiger partial charge in [-0.3, -0.25) is 4.79 Å². The summed E-state index contributed by atoms with van der Waals surface area (Å²) in [5.41, 5.74) is 1.20. The van der Waals surface area contributed by atoms with Gasteiger partial charge in [0.25, 0.3) is 5.91 Å². The van der Waals surface area contributed by atoms with E-state index in [1.54, 1.807) is 0 Å². The summed E-state index contributed by atoms with van der Waals surface area (Å²) in [7, 11) is 0. The van der Waals surface area contributed by atoms with Crippen molar-refractivity contribution < 1.29 is 9.53 Å². The number of carbonyl (C=O) groups excluding carboxylic acids is 1. The van der Waals surface area contributed by atoms with E-state index < -0.39 is 5.60 Å². The molecule has 1 aromatic carbocycles. The van der Waals surface area contributed by atoms with Crippen molar-refractivity contribution in [1.29, 1.82) is 0 Å². The maximum atomic E-state index is 12.7. The minimum Gasteiger partial charge on any atom is -0.476 e. The van der Waals surface area contributed by atoms with E-state index in [0.717, 1.165) is 42.9 Å². The second-order valence-corrected chi connectivity index (χ2v) is 6.88. The summed E-state index contributed by atoms with van der Waals surface area (Å²) in [6, 6.07) is 6.70. The van der Waals surface area contributed by atoms with Crippen LogP contribution < -0.4 is 15.0 Å². The number of rotatable bonds is 6. The molecular formula is C18H26N2O2. The van der Waals surface area contributed by atoms with Gasteiger partial charge in [-0.25, -0.2) is 0 Å². The first-order valence-corrected chi connectivity index (χ1v) is 8.43. The molecule has 0 radical (unpaired) electrons. The van der Waals surface area contributed by atoms with E-state index in [2.05, 4.69) is 18.3 Å². The van der Waals surface area contributed by atoms with Crippen LogP contribution in [0.2, 0.25) is 0 Å². The number of nitrogens with zero attached hydrogens (tertiary/aromatic N) is 1. The molecule has 0 saturated heterocycles. The van der Waals surface area contributed by atoms with Gasteiger partial charge in [0.2, 0.25) is 0 Å². The maximum Gasteiger partial charge on any atom is 0.270 e. The number of benzene rings is 1. The molecule has 1 aliphatic carbocycles. The lowest BCUT2D eigenvalue weighted by Crippen LogP contribution is -2.52. The van der Waals surface area contributed by atoms with E-state index in [0.29, 0.717) is 6.04 Å². The highest BCUT2D eigenvalue weighted by Gasteiger charge is 2.40. The molecule has 1 heterocycles. The second kappa shape index (κ2) is 5.82. The molecule has 0 atom stereocenters. The Morgan fingerprint density at radius 2 is 2.09 bits per heavy atom. The molecule has 1 N–H and O–H groups in total. The summed E-state index contributed by atoms with van der Waals surface area (Å²) < 4.78 is 5.92. The van der Waals surface area contributed by atoms with Crippen LogP contribution in [-0.4, -0.2) is 24.1 Å². The van der Waals surface area contributed by atoms with Crippen molar-refractivity contribution in [3.63, 3.8) is 0 Å². The number of carbonyl (C=O) groups is 1. The molecule has 3 rings (SSSR count). The van der Waals surface area contributed by atoms with E-state index in [1.807, 2.05) is 30.9 Å². The third kappa shape index (κ3) is 3.06. The van der Waals surface area contributed by atoms with Crippen molar-refractivity contribution in [2.24, 2.45) is 0 Å². The summed E-state index contributed by atoms with van der Waals surface area (Å²) in [6.45, 7) is 6.64. The summed E-state index contributed by atoms with van der Waals surface area (Å²) in [5.74, 6) is 0.863. The fraction of sp³-hybridized carbons (Fsp3) is 0.611. The molecular weight excluding hydrogens is 276 g/mol. The van der Waals surface area contributed by atoms with Crippen LogP contribution in [0.1, 0.15) is 52.9 Å². The molecule has 0 spiro atoms. The van der Waals surface area contributed by atoms with Gasteiger partial charge < -0.3 is 15.0 Å². The van der Waals surface area contributed by atoms with Gasteiger partial charge in [0.15, 0.2) is 5.60 Å². The molecule has 0 aromatic heterocycles. The van der Waals surface area contributed by atoms with Gasteiger partial charge in [0.1, 0.15) is 5.75 Å². The number of ether oxygens (including phenoxy) is 1. The summed E-state index contributed by atoms with van der Waals surface area (Å²) in [6.07, 6.45) is 5.79. The lowest BCUT2D eigenvalue weighted by molar-refractivity contribution is -0.132. The van der Waals surface area contributed by atoms with Crippen LogP contribution in [0.4, 0.5) is 11.4 Å². The van der Waals surface area contributed by atoms with Gasteiger partial charge in [0.05, 0.1) is 5.69 Å². The zero-order valence-corrected chi connectivity index (χ0v) is 13.8. The molecule has 1 amide bonds. The molecule has 4 nitrogen and oxygen atoms in total. The molecule has 0 unspecified atom stereocenters. The van der Waals surface area contributed by atoms with Crippen LogP contribution in [0.3, 0.4) is 0 Å². The first-order valence-electron chi connectivity index (χ1n) is 8.43. The summed E-state index contributed by atoms with van der Waals surface area (Å²) in [5, 5.41) is 3.50. The van der Waals surface area contributed by atoms with Crippen LogP contribution in [0.5, 0.6) is 5.75 Å². The van der Waals surface area contributed by atoms with Crippen molar-refractivity contribution in [2.75, 3.05) is 16.8 Å². The number of nitrogens with one attached hydrogen (secondary N) is 1. The van der Waals surface area contributed by atoms with E-state index in [-0.39, 0.29) is 5.91 Å². The molecule has 0 bridgehead atoms. The van der Waals surface area contributed by atoms with Crippen LogP contribution >= 0.6 is 0 Å². The Morgan fingerprint density at radius 1 is 1.32 bits per heavy atom. The Balaban J connectivity index is 1.87. The van der Waals surface area contributed by atoms with Crippen LogP contribution in [0.15, 0.2) is 18.2 Å². The standard InChI is InChI=1S/C18H26N2O2/c1-4-5-6-11-20-15-12-14(19-13-7-8-13)9-10-16(15)22-18(2,3)17(20)21/h9-10,12-13,19H,4-8,11H2,1-3H3. The Hall–Kier alpha value is -1.71. The Kier molecular flexibility index (Phi) is 4.02. The zero-order valence-electron chi connectivity index (χ0n) is 13.8. The summed E-state index contributed by atoms with van der Waals surface area (Å²) in [4.78, 5) is 14.6. The third-order valence-electron chi connectivity index (χ3n) is 4.31. The second-order valence-electron chi connectivity index (χ2n) is 6.88. The van der Waals surface area contributed by atoms with Crippen molar-refractivity contribution in [3.05, 3.63) is 18.2 Å². The molecule has 4 heteroatoms. The fourth-order valence-corrected chi connectivity index (χ4v) is 2.86. The quantitative estimate of drug-likeness (QED) is 0.809. The number of anilines is 2. The van der Waals surface area contributed by atoms with Crippen LogP contribution in [-0.2, 0) is 4.79 Å². The number of hydrogen-bond donors (Lipinski definition) is 1. The van der Waals surface area contributed by atoms with Crippen LogP contribution in [0.25, 0.3) is 0 Å². The molecule has 1 saturated carbocycles. The predicted molar refractivity (Wildman–Crippen MR) is 89.7 cm³/mol. The van der Waals surface area contributed by atoms with Crippen molar-refractivity contribution in [3.8, 4) is 5.75 Å². The predicted octanol–water partition coefficient (Wildman–Crippen LogP) is 3.96. The number of amides is 1. The van der Waals surface area contributed by atoms with E-state index in [1.165, 1.54) is 12.8 Å². The highest BCUT2D eigenvalue weighted by Crippen LogP contribution is 2.40. The minimum atomic E-state index is -0.787. The minimum absolute atomic E-state index is 0.0553. The van der Waals surface area contributed by atoms with Gasteiger partial charge in [-0.05, 0) is 51.3 Å². The fourth-order valence-electron chi connectivity index (χ4n) is 2.86. The molecule has 1 fully saturated rings. The highest BCUT2D eigenvalue weighted by molar-refractivity contribution is 6.02. The highest BCUT2D eigenvalue weighted by atomic mass is 16.5. The Labute approximate surface area is 132 Å². The molecule has 1 aliphatic heterocycles. The van der Waals surface area contributed by atoms with E-state index in [9.17, 15) is 4.79 Å². The first kappa shape index (κ1) is 15.2. The SMILES string of the molecule is CCCCCN1C(=O)C(C)(C)Oc2ccc(NC3CC3)cc21. The number of unbranched alkanes of at least 4 members (excludes halogenated alkanes) is 2. The van der Waals surface area contributed by atoms with Crippen molar-refractivity contribution >= 4 is 17.3 Å². The van der Waals surface area contributed by atoms with E-state index in [4.69, 9.17) is 4.74 Å². The van der Waals surface area contributed by atoms with Gasteiger partial charge in [0, 0.05) is 18.3 Å². The molecule has 1 aromatic rings. The monoisotopic (exact) mass is 302 g/mol. The normalized spacial score (nSPS) is 19.6. The summed E-state index contributed by atoms with van der Waals surface area (Å²) >= 11 is 0. The topological polar surface area (TPSA) is 41.6 Å². The average Bonchev–Trinajstić information content (AvgIpc) is 3.28. The van der Waals surface area contributed by atoms with Crippen molar-refractivity contribution in [2.45, 2.75) is 64.5 Å². The molecule has 2 aliphatic rings. The average molecular weight is 302 g/mol. The van der Waals surface area contributed by atoms with Gasteiger partial charge in [-0.1, -0.05) is 19.8 Å². The third-order valence-corrected chi connectivity index (χ3v) is 4.31. The van der Waals surface area contributed by atoms with Gasteiger partial charge >= 0.3 is 0 Å². The first-order chi connectivity index (χ1) is 10.5. The largest absolute Gasteiger partial charge is 0.476 e. The lowest BCUT2D eigenvalue weighted by Gasteiger charge is -2.39. The maximum absolute atomic E-state index is 12.7. The number of fused-ring (bicyclic) bond motifs is 1. The van der Waals surface area contributed by atoms with Gasteiger partial charge in [-0.15, -0.1) is 0 Å². The Bertz CT molecular complexity index is 564. The van der Waals surface area contributed by atoms with Crippen molar-refractivity contribution in [1.82, 2.24) is 0 Å².